The third-order valence-electron chi connectivity index (χ3n) is 5.52. The maximum Gasteiger partial charge on any atom is 0.0760 e. The molecule has 0 spiro atoms. The van der Waals surface area contributed by atoms with Crippen LogP contribution in [0.2, 0.25) is 5.31 Å². The Balaban J connectivity index is 2.30. The summed E-state index contributed by atoms with van der Waals surface area (Å²) in [5, 5.41) is 0.0538. The van der Waals surface area contributed by atoms with Crippen molar-refractivity contribution in [2.75, 3.05) is 0 Å². The lowest BCUT2D eigenvalue weighted by Gasteiger charge is -2.60. The molecule has 2 rings (SSSR count). The van der Waals surface area contributed by atoms with Crippen LogP contribution in [0.3, 0.4) is 0 Å². The van der Waals surface area contributed by atoms with Crippen LogP contribution in [0.15, 0.2) is 0 Å². The fourth-order valence-corrected chi connectivity index (χ4v) is 4.78. The summed E-state index contributed by atoms with van der Waals surface area (Å²) < 4.78 is 0. The van der Waals surface area contributed by atoms with Gasteiger partial charge in [0, 0.05) is 0 Å². The van der Waals surface area contributed by atoms with Crippen LogP contribution in [0.25, 0.3) is 0 Å². The Bertz CT molecular complexity index is 261. The molecule has 90 valence electrons. The predicted octanol–water partition coefficient (Wildman–Crippen LogP) is 4.45. The minimum absolute atomic E-state index is 0.0538. The summed E-state index contributed by atoms with van der Waals surface area (Å²) in [6, 6.07) is 0. The van der Waals surface area contributed by atoms with Gasteiger partial charge in [-0.2, -0.15) is 0 Å². The van der Waals surface area contributed by atoms with E-state index in [-0.39, 0.29) is 10.7 Å². The van der Waals surface area contributed by atoms with Crippen molar-refractivity contribution in [3.05, 3.63) is 0 Å². The minimum Gasteiger partial charge on any atom is -0.0627 e. The van der Waals surface area contributed by atoms with E-state index < -0.39 is 0 Å². The molecule has 5 atom stereocenters. The fraction of sp³-hybridized carbons (Fsp3) is 1.00. The van der Waals surface area contributed by atoms with Crippen LogP contribution in [0.1, 0.15) is 60.3 Å². The molecule has 0 aromatic carbocycles. The minimum atomic E-state index is 0.0538. The van der Waals surface area contributed by atoms with E-state index in [9.17, 15) is 0 Å². The highest BCUT2D eigenvalue weighted by molar-refractivity contribution is 6.16. The van der Waals surface area contributed by atoms with Crippen LogP contribution in [0.4, 0.5) is 0 Å². The molecule has 2 radical (unpaired) electrons. The van der Waals surface area contributed by atoms with Gasteiger partial charge in [0.15, 0.2) is 0 Å². The first kappa shape index (κ1) is 12.5. The van der Waals surface area contributed by atoms with E-state index in [1.165, 1.54) is 25.7 Å². The van der Waals surface area contributed by atoms with Crippen molar-refractivity contribution in [2.24, 2.45) is 29.1 Å². The monoisotopic (exact) mass is 218 g/mol. The zero-order valence-electron chi connectivity index (χ0n) is 11.7. The average molecular weight is 218 g/mol. The lowest BCUT2D eigenvalue weighted by molar-refractivity contribution is 0.00169. The second-order valence-corrected chi connectivity index (χ2v) is 7.69. The molecule has 0 aromatic heterocycles. The van der Waals surface area contributed by atoms with Crippen LogP contribution in [0, 0.1) is 29.1 Å². The van der Waals surface area contributed by atoms with Gasteiger partial charge in [-0.3, -0.25) is 0 Å². The molecule has 0 nitrogen and oxygen atoms in total. The lowest BCUT2D eigenvalue weighted by atomic mass is 9.38. The van der Waals surface area contributed by atoms with Crippen molar-refractivity contribution in [3.8, 4) is 0 Å². The summed E-state index contributed by atoms with van der Waals surface area (Å²) in [6.07, 6.45) is 5.55. The molecular weight excluding hydrogens is 191 g/mol. The quantitative estimate of drug-likeness (QED) is 0.527. The average Bonchev–Trinajstić information content (AvgIpc) is 2.11. The first-order valence-corrected chi connectivity index (χ1v) is 7.04. The molecule has 2 saturated carbocycles. The molecule has 16 heavy (non-hydrogen) atoms. The number of rotatable bonds is 0. The summed E-state index contributed by atoms with van der Waals surface area (Å²) in [6.45, 7) is 11.8. The molecule has 2 fully saturated rings. The van der Waals surface area contributed by atoms with Crippen molar-refractivity contribution in [3.63, 3.8) is 0 Å². The summed E-state index contributed by atoms with van der Waals surface area (Å²) in [5.41, 5.74) is 0.235. The van der Waals surface area contributed by atoms with Gasteiger partial charge in [-0.1, -0.05) is 39.9 Å². The Morgan fingerprint density at radius 2 is 1.62 bits per heavy atom. The lowest BCUT2D eigenvalue weighted by Crippen LogP contribution is -2.48. The highest BCUT2D eigenvalue weighted by Crippen LogP contribution is 2.64. The van der Waals surface area contributed by atoms with E-state index in [4.69, 9.17) is 7.85 Å². The smallest absolute Gasteiger partial charge is 0.0627 e. The zero-order chi connectivity index (χ0) is 12.1. The second-order valence-electron chi connectivity index (χ2n) is 7.69. The Hall–Kier alpha value is 0.0649. The molecule has 0 N–H and O–H groups in total. The van der Waals surface area contributed by atoms with Crippen LogP contribution < -0.4 is 0 Å². The van der Waals surface area contributed by atoms with E-state index in [2.05, 4.69) is 34.6 Å². The Morgan fingerprint density at radius 3 is 2.19 bits per heavy atom. The van der Waals surface area contributed by atoms with Gasteiger partial charge >= 0.3 is 0 Å². The summed E-state index contributed by atoms with van der Waals surface area (Å²) in [4.78, 5) is 0. The standard InChI is InChI=1S/C15H27B/c1-10-6-12-8-11(2)15(16,14(3,4)5)13(7-10)9-12/h10-13H,6-9H2,1-5H3. The molecule has 2 aliphatic rings. The molecule has 0 heterocycles. The van der Waals surface area contributed by atoms with Gasteiger partial charge < -0.3 is 0 Å². The fourth-order valence-electron chi connectivity index (χ4n) is 4.78. The van der Waals surface area contributed by atoms with Crippen LogP contribution in [-0.4, -0.2) is 7.85 Å². The highest BCUT2D eigenvalue weighted by Gasteiger charge is 2.52. The van der Waals surface area contributed by atoms with E-state index in [0.717, 1.165) is 17.8 Å². The van der Waals surface area contributed by atoms with Gasteiger partial charge in [0.2, 0.25) is 0 Å². The van der Waals surface area contributed by atoms with Crippen molar-refractivity contribution in [2.45, 2.75) is 65.6 Å². The van der Waals surface area contributed by atoms with Gasteiger partial charge in [0.25, 0.3) is 0 Å². The van der Waals surface area contributed by atoms with Crippen molar-refractivity contribution < 1.29 is 0 Å². The van der Waals surface area contributed by atoms with Crippen molar-refractivity contribution >= 4 is 7.85 Å². The Kier molecular flexibility index (Phi) is 2.96. The van der Waals surface area contributed by atoms with Crippen LogP contribution in [0.5, 0.6) is 0 Å². The third kappa shape index (κ3) is 1.75. The number of fused-ring (bicyclic) bond motifs is 2. The molecule has 1 heteroatoms. The first-order chi connectivity index (χ1) is 7.25. The zero-order valence-corrected chi connectivity index (χ0v) is 11.7. The van der Waals surface area contributed by atoms with Gasteiger partial charge in [0.1, 0.15) is 0 Å². The van der Waals surface area contributed by atoms with E-state index in [0.29, 0.717) is 5.92 Å². The molecule has 0 aliphatic heterocycles. The van der Waals surface area contributed by atoms with Crippen molar-refractivity contribution in [1.29, 1.82) is 0 Å². The first-order valence-electron chi connectivity index (χ1n) is 7.04. The molecule has 0 aromatic rings. The van der Waals surface area contributed by atoms with E-state index in [1.54, 1.807) is 0 Å². The van der Waals surface area contributed by atoms with Gasteiger partial charge in [-0.25, -0.2) is 0 Å². The SMILES string of the molecule is [B]C1(C(C)(C)C)C(C)CC2CC(C)CC1C2. The van der Waals surface area contributed by atoms with Crippen LogP contribution >= 0.6 is 0 Å². The molecule has 2 aliphatic carbocycles. The largest absolute Gasteiger partial charge is 0.0760 e. The Labute approximate surface area is 103 Å². The number of hydrogen-bond acceptors (Lipinski definition) is 0. The topological polar surface area (TPSA) is 0 Å². The molecule has 0 saturated heterocycles. The summed E-state index contributed by atoms with van der Waals surface area (Å²) in [7, 11) is 6.89. The normalized spacial score (nSPS) is 49.1. The van der Waals surface area contributed by atoms with Crippen molar-refractivity contribution in [1.82, 2.24) is 0 Å². The second kappa shape index (κ2) is 3.78. The molecule has 5 unspecified atom stereocenters. The van der Waals surface area contributed by atoms with E-state index >= 15 is 0 Å². The molecule has 0 amide bonds. The maximum atomic E-state index is 6.89. The maximum absolute atomic E-state index is 6.89. The number of hydrogen-bond donors (Lipinski definition) is 0. The van der Waals surface area contributed by atoms with Gasteiger partial charge in [0.05, 0.1) is 7.85 Å². The molecule has 2 bridgehead atoms. The van der Waals surface area contributed by atoms with E-state index in [1.807, 2.05) is 0 Å². The third-order valence-corrected chi connectivity index (χ3v) is 5.52. The Morgan fingerprint density at radius 1 is 1.00 bits per heavy atom. The summed E-state index contributed by atoms with van der Waals surface area (Å²) in [5.74, 6) is 3.29. The molecular formula is C15H27B. The van der Waals surface area contributed by atoms with Gasteiger partial charge in [-0.15, -0.1) is 0 Å². The predicted molar refractivity (Wildman–Crippen MR) is 71.7 cm³/mol. The highest BCUT2D eigenvalue weighted by atomic mass is 14.5. The van der Waals surface area contributed by atoms with Crippen LogP contribution in [-0.2, 0) is 0 Å². The summed E-state index contributed by atoms with van der Waals surface area (Å²) >= 11 is 0. The van der Waals surface area contributed by atoms with Gasteiger partial charge in [-0.05, 0) is 54.8 Å².